The van der Waals surface area contributed by atoms with Gasteiger partial charge < -0.3 is 15.9 Å². The zero-order chi connectivity index (χ0) is 10.1. The van der Waals surface area contributed by atoms with Gasteiger partial charge in [0, 0.05) is 25.2 Å². The van der Waals surface area contributed by atoms with E-state index in [0.717, 1.165) is 25.7 Å². The van der Waals surface area contributed by atoms with Gasteiger partial charge in [-0.3, -0.25) is 4.90 Å². The Morgan fingerprint density at radius 3 is 1.93 bits per heavy atom. The van der Waals surface area contributed by atoms with Crippen molar-refractivity contribution in [2.75, 3.05) is 13.1 Å². The molecular weight excluding hydrogens is 180 g/mol. The quantitative estimate of drug-likeness (QED) is 0.523. The molecule has 2 unspecified atom stereocenters. The molecule has 1 aliphatic heterocycles. The van der Waals surface area contributed by atoms with Gasteiger partial charge in [-0.15, -0.1) is 0 Å². The van der Waals surface area contributed by atoms with Crippen LogP contribution in [0.15, 0.2) is 0 Å². The monoisotopic (exact) mass is 200 g/mol. The lowest BCUT2D eigenvalue weighted by molar-refractivity contribution is 0.0572. The van der Waals surface area contributed by atoms with Crippen molar-refractivity contribution in [3.05, 3.63) is 0 Å². The molecule has 0 spiro atoms. The largest absolute Gasteiger partial charge is 0.389 e. The van der Waals surface area contributed by atoms with Crippen molar-refractivity contribution in [1.29, 1.82) is 0 Å². The Labute approximate surface area is 84.7 Å². The van der Waals surface area contributed by atoms with Crippen LogP contribution in [0.5, 0.6) is 0 Å². The lowest BCUT2D eigenvalue weighted by Crippen LogP contribution is -2.40. The summed E-state index contributed by atoms with van der Waals surface area (Å²) in [6.07, 6.45) is 3.28. The normalized spacial score (nSPS) is 45.6. The molecule has 14 heavy (non-hydrogen) atoms. The molecule has 4 N–H and O–H groups in total. The first-order valence-corrected chi connectivity index (χ1v) is 5.52. The Hall–Kier alpha value is -0.160. The van der Waals surface area contributed by atoms with Gasteiger partial charge in [0.15, 0.2) is 0 Å². The van der Waals surface area contributed by atoms with E-state index in [-0.39, 0.29) is 0 Å². The average molecular weight is 200 g/mol. The first kappa shape index (κ1) is 10.4. The second-order valence-electron chi connectivity index (χ2n) is 4.66. The highest BCUT2D eigenvalue weighted by Crippen LogP contribution is 2.25. The van der Waals surface area contributed by atoms with Gasteiger partial charge in [0.05, 0.1) is 12.2 Å². The summed E-state index contributed by atoms with van der Waals surface area (Å²) in [7, 11) is 0. The Morgan fingerprint density at radius 2 is 1.43 bits per heavy atom. The van der Waals surface area contributed by atoms with E-state index < -0.39 is 12.2 Å². The van der Waals surface area contributed by atoms with Gasteiger partial charge in [-0.25, -0.2) is 0 Å². The number of aliphatic hydroxyl groups excluding tert-OH is 2. The SMILES string of the molecule is NC1CCC(N2CC(O)C(O)C2)CC1. The molecule has 1 saturated heterocycles. The first-order valence-electron chi connectivity index (χ1n) is 5.52. The van der Waals surface area contributed by atoms with Crippen molar-refractivity contribution >= 4 is 0 Å². The van der Waals surface area contributed by atoms with Gasteiger partial charge in [0.1, 0.15) is 0 Å². The summed E-state index contributed by atoms with van der Waals surface area (Å²) in [4.78, 5) is 2.21. The third-order valence-electron chi connectivity index (χ3n) is 3.55. The van der Waals surface area contributed by atoms with Gasteiger partial charge in [-0.2, -0.15) is 0 Å². The molecular formula is C10H20N2O2. The van der Waals surface area contributed by atoms with E-state index in [1.807, 2.05) is 0 Å². The third kappa shape index (κ3) is 2.08. The summed E-state index contributed by atoms with van der Waals surface area (Å²) in [5, 5.41) is 18.9. The van der Waals surface area contributed by atoms with E-state index in [9.17, 15) is 10.2 Å². The molecule has 1 heterocycles. The number of nitrogens with zero attached hydrogens (tertiary/aromatic N) is 1. The Bertz CT molecular complexity index is 183. The minimum atomic E-state index is -0.550. The maximum Gasteiger partial charge on any atom is 0.0938 e. The molecule has 0 aromatic carbocycles. The van der Waals surface area contributed by atoms with Crippen LogP contribution < -0.4 is 5.73 Å². The van der Waals surface area contributed by atoms with Gasteiger partial charge in [0.2, 0.25) is 0 Å². The van der Waals surface area contributed by atoms with E-state index in [2.05, 4.69) is 4.90 Å². The summed E-state index contributed by atoms with van der Waals surface area (Å²) >= 11 is 0. The molecule has 2 fully saturated rings. The lowest BCUT2D eigenvalue weighted by atomic mass is 9.91. The molecule has 0 aromatic rings. The summed E-state index contributed by atoms with van der Waals surface area (Å²) < 4.78 is 0. The van der Waals surface area contributed by atoms with E-state index >= 15 is 0 Å². The molecule has 4 heteroatoms. The number of rotatable bonds is 1. The van der Waals surface area contributed by atoms with Gasteiger partial charge in [-0.05, 0) is 25.7 Å². The van der Waals surface area contributed by atoms with Crippen LogP contribution in [0.3, 0.4) is 0 Å². The zero-order valence-corrected chi connectivity index (χ0v) is 8.47. The van der Waals surface area contributed by atoms with Crippen LogP contribution >= 0.6 is 0 Å². The summed E-state index contributed by atoms with van der Waals surface area (Å²) in [5.74, 6) is 0. The fourth-order valence-electron chi connectivity index (χ4n) is 2.56. The van der Waals surface area contributed by atoms with E-state index in [1.165, 1.54) is 0 Å². The summed E-state index contributed by atoms with van der Waals surface area (Å²) in [5.41, 5.74) is 5.83. The number of nitrogens with two attached hydrogens (primary N) is 1. The Morgan fingerprint density at radius 1 is 0.929 bits per heavy atom. The van der Waals surface area contributed by atoms with Crippen molar-refractivity contribution < 1.29 is 10.2 Å². The lowest BCUT2D eigenvalue weighted by Gasteiger charge is -2.33. The first-order chi connectivity index (χ1) is 6.66. The number of likely N-dealkylation sites (tertiary alicyclic amines) is 1. The molecule has 2 rings (SSSR count). The van der Waals surface area contributed by atoms with Crippen molar-refractivity contribution in [3.8, 4) is 0 Å². The van der Waals surface area contributed by atoms with Crippen LogP contribution in [-0.2, 0) is 0 Å². The van der Waals surface area contributed by atoms with Crippen molar-refractivity contribution in [2.24, 2.45) is 5.73 Å². The van der Waals surface area contributed by atoms with Crippen LogP contribution in [0.2, 0.25) is 0 Å². The maximum atomic E-state index is 9.43. The molecule has 82 valence electrons. The molecule has 4 nitrogen and oxygen atoms in total. The van der Waals surface area contributed by atoms with Crippen LogP contribution in [0.4, 0.5) is 0 Å². The van der Waals surface area contributed by atoms with Crippen molar-refractivity contribution in [1.82, 2.24) is 4.90 Å². The van der Waals surface area contributed by atoms with Crippen LogP contribution in [0, 0.1) is 0 Å². The van der Waals surface area contributed by atoms with E-state index in [0.29, 0.717) is 25.2 Å². The zero-order valence-electron chi connectivity index (χ0n) is 8.47. The Balaban J connectivity index is 1.85. The minimum absolute atomic E-state index is 0.365. The summed E-state index contributed by atoms with van der Waals surface area (Å²) in [6.45, 7) is 1.25. The van der Waals surface area contributed by atoms with Gasteiger partial charge in [-0.1, -0.05) is 0 Å². The van der Waals surface area contributed by atoms with Gasteiger partial charge >= 0.3 is 0 Å². The number of hydrogen-bond donors (Lipinski definition) is 3. The predicted molar refractivity (Wildman–Crippen MR) is 53.8 cm³/mol. The molecule has 2 atom stereocenters. The molecule has 0 bridgehead atoms. The van der Waals surface area contributed by atoms with Crippen LogP contribution in [-0.4, -0.2) is 52.5 Å². The predicted octanol–water partition coefficient (Wildman–Crippen LogP) is -0.706. The smallest absolute Gasteiger partial charge is 0.0938 e. The average Bonchev–Trinajstić information content (AvgIpc) is 2.48. The van der Waals surface area contributed by atoms with Crippen molar-refractivity contribution in [2.45, 2.75) is 50.0 Å². The third-order valence-corrected chi connectivity index (χ3v) is 3.55. The van der Waals surface area contributed by atoms with Crippen LogP contribution in [0.25, 0.3) is 0 Å². The van der Waals surface area contributed by atoms with E-state index in [1.54, 1.807) is 0 Å². The second kappa shape index (κ2) is 4.14. The number of β-amino-alcohol motifs (C(OH)–C–C–N with tert-alkyl or cyclic N) is 2. The van der Waals surface area contributed by atoms with E-state index in [4.69, 9.17) is 5.73 Å². The highest BCUT2D eigenvalue weighted by Gasteiger charge is 2.34. The molecule has 0 radical (unpaired) electrons. The maximum absolute atomic E-state index is 9.43. The molecule has 1 saturated carbocycles. The van der Waals surface area contributed by atoms with Gasteiger partial charge in [0.25, 0.3) is 0 Å². The standard InChI is InChI=1S/C10H20N2O2/c11-7-1-3-8(4-2-7)12-5-9(13)10(14)6-12/h7-10,13-14H,1-6,11H2. The fourth-order valence-corrected chi connectivity index (χ4v) is 2.56. The molecule has 0 amide bonds. The molecule has 2 aliphatic rings. The molecule has 0 aromatic heterocycles. The number of aliphatic hydroxyl groups is 2. The Kier molecular flexibility index (Phi) is 3.07. The number of hydrogen-bond acceptors (Lipinski definition) is 4. The van der Waals surface area contributed by atoms with Crippen molar-refractivity contribution in [3.63, 3.8) is 0 Å². The minimum Gasteiger partial charge on any atom is -0.389 e. The second-order valence-corrected chi connectivity index (χ2v) is 4.66. The highest BCUT2D eigenvalue weighted by molar-refractivity contribution is 4.90. The summed E-state index contributed by atoms with van der Waals surface area (Å²) in [6, 6.07) is 0.894. The van der Waals surface area contributed by atoms with Crippen LogP contribution in [0.1, 0.15) is 25.7 Å². The topological polar surface area (TPSA) is 69.7 Å². The highest BCUT2D eigenvalue weighted by atomic mass is 16.3. The fraction of sp³-hybridized carbons (Fsp3) is 1.00. The molecule has 1 aliphatic carbocycles.